The van der Waals surface area contributed by atoms with Crippen LogP contribution in [0.4, 0.5) is 0 Å². The molecule has 2 N–H and O–H groups in total. The summed E-state index contributed by atoms with van der Waals surface area (Å²) in [5, 5.41) is 4.96. The summed E-state index contributed by atoms with van der Waals surface area (Å²) in [4.78, 5) is 6.50. The van der Waals surface area contributed by atoms with E-state index in [4.69, 9.17) is 4.74 Å². The Morgan fingerprint density at radius 1 is 1.26 bits per heavy atom. The largest absolute Gasteiger partial charge is 0.496 e. The van der Waals surface area contributed by atoms with E-state index in [2.05, 4.69) is 15.0 Å². The molecular weight excluding hydrogens is 384 g/mol. The lowest BCUT2D eigenvalue weighted by Crippen LogP contribution is -2.39. The molecule has 1 aromatic heterocycles. The number of thiophene rings is 1. The molecule has 0 amide bonds. The number of sulfonamides is 1. The van der Waals surface area contributed by atoms with Crippen LogP contribution in [-0.2, 0) is 16.6 Å². The van der Waals surface area contributed by atoms with E-state index in [-0.39, 0.29) is 6.54 Å². The van der Waals surface area contributed by atoms with Crippen molar-refractivity contribution in [2.45, 2.75) is 17.7 Å². The van der Waals surface area contributed by atoms with Crippen LogP contribution >= 0.6 is 11.3 Å². The number of ether oxygens (including phenoxy) is 1. The van der Waals surface area contributed by atoms with E-state index in [0.717, 1.165) is 17.9 Å². The van der Waals surface area contributed by atoms with Crippen molar-refractivity contribution in [1.82, 2.24) is 14.9 Å². The smallest absolute Gasteiger partial charge is 0.250 e. The number of rotatable bonds is 9. The average Bonchev–Trinajstić information content (AvgIpc) is 3.20. The number of nitrogens with zero attached hydrogens (tertiary/aromatic N) is 2. The van der Waals surface area contributed by atoms with Crippen molar-refractivity contribution in [3.05, 3.63) is 47.3 Å². The number of hydrogen-bond donors (Lipinski definition) is 2. The van der Waals surface area contributed by atoms with Crippen molar-refractivity contribution < 1.29 is 13.2 Å². The van der Waals surface area contributed by atoms with Crippen LogP contribution in [0.5, 0.6) is 5.75 Å². The van der Waals surface area contributed by atoms with Crippen molar-refractivity contribution in [2.24, 2.45) is 4.99 Å². The molecule has 1 aromatic carbocycles. The zero-order valence-corrected chi connectivity index (χ0v) is 17.4. The summed E-state index contributed by atoms with van der Waals surface area (Å²) >= 11 is 1.19. The number of para-hydroxylation sites is 1. The summed E-state index contributed by atoms with van der Waals surface area (Å²) in [6, 6.07) is 11.1. The second kappa shape index (κ2) is 10.3. The van der Waals surface area contributed by atoms with Crippen LogP contribution in [0.3, 0.4) is 0 Å². The number of hydrogen-bond acceptors (Lipinski definition) is 5. The topological polar surface area (TPSA) is 83.0 Å². The highest BCUT2D eigenvalue weighted by atomic mass is 32.2. The number of aliphatic imine (C=N–C) groups is 1. The summed E-state index contributed by atoms with van der Waals surface area (Å²) < 4.78 is 32.5. The Hall–Kier alpha value is -2.10. The fraction of sp³-hybridized carbons (Fsp3) is 0.389. The van der Waals surface area contributed by atoms with Gasteiger partial charge < -0.3 is 15.0 Å². The third-order valence-corrected chi connectivity index (χ3v) is 6.58. The summed E-state index contributed by atoms with van der Waals surface area (Å²) in [6.07, 6.45) is 0. The Balaban J connectivity index is 1.97. The van der Waals surface area contributed by atoms with Gasteiger partial charge in [-0.15, -0.1) is 11.3 Å². The molecule has 2 rings (SSSR count). The molecule has 1 heterocycles. The second-order valence-electron chi connectivity index (χ2n) is 5.73. The maximum atomic E-state index is 12.1. The Morgan fingerprint density at radius 2 is 2.04 bits per heavy atom. The zero-order chi connectivity index (χ0) is 19.7. The molecule has 2 aromatic rings. The fourth-order valence-corrected chi connectivity index (χ4v) is 4.52. The van der Waals surface area contributed by atoms with Crippen LogP contribution < -0.4 is 14.8 Å². The van der Waals surface area contributed by atoms with Gasteiger partial charge in [-0.3, -0.25) is 4.99 Å². The van der Waals surface area contributed by atoms with Crippen molar-refractivity contribution in [1.29, 1.82) is 0 Å². The molecule has 0 aliphatic rings. The summed E-state index contributed by atoms with van der Waals surface area (Å²) in [6.45, 7) is 3.90. The highest BCUT2D eigenvalue weighted by Crippen LogP contribution is 2.18. The van der Waals surface area contributed by atoms with E-state index in [1.54, 1.807) is 24.6 Å². The predicted octanol–water partition coefficient (Wildman–Crippen LogP) is 2.13. The first-order valence-electron chi connectivity index (χ1n) is 8.62. The van der Waals surface area contributed by atoms with Gasteiger partial charge in [0.05, 0.1) is 13.7 Å². The van der Waals surface area contributed by atoms with E-state index in [1.807, 2.05) is 43.1 Å². The van der Waals surface area contributed by atoms with Crippen LogP contribution in [0, 0.1) is 0 Å². The van der Waals surface area contributed by atoms with Gasteiger partial charge in [-0.2, -0.15) is 0 Å². The highest BCUT2D eigenvalue weighted by molar-refractivity contribution is 7.91. The molecule has 0 atom stereocenters. The summed E-state index contributed by atoms with van der Waals surface area (Å²) in [5.74, 6) is 1.53. The normalized spacial score (nSPS) is 12.0. The number of guanidine groups is 1. The Labute approximate surface area is 165 Å². The minimum absolute atomic E-state index is 0.234. The van der Waals surface area contributed by atoms with Gasteiger partial charge in [0.25, 0.3) is 0 Å². The van der Waals surface area contributed by atoms with Crippen LogP contribution in [0.15, 0.2) is 51.0 Å². The van der Waals surface area contributed by atoms with E-state index in [1.165, 1.54) is 11.3 Å². The Bertz CT molecular complexity index is 836. The van der Waals surface area contributed by atoms with Gasteiger partial charge in [-0.05, 0) is 24.4 Å². The lowest BCUT2D eigenvalue weighted by molar-refractivity contribution is 0.396. The first-order valence-corrected chi connectivity index (χ1v) is 11.0. The van der Waals surface area contributed by atoms with Crippen molar-refractivity contribution in [3.8, 4) is 5.75 Å². The molecule has 0 fully saturated rings. The van der Waals surface area contributed by atoms with E-state index in [0.29, 0.717) is 23.3 Å². The number of nitrogens with one attached hydrogen (secondary N) is 2. The third-order valence-electron chi connectivity index (χ3n) is 3.72. The van der Waals surface area contributed by atoms with Gasteiger partial charge in [-0.1, -0.05) is 24.3 Å². The maximum Gasteiger partial charge on any atom is 0.250 e. The molecule has 9 heteroatoms. The van der Waals surface area contributed by atoms with Crippen LogP contribution in [0.25, 0.3) is 0 Å². The molecular formula is C18H26N4O3S2. The maximum absolute atomic E-state index is 12.1. The molecule has 0 saturated heterocycles. The Kier molecular flexibility index (Phi) is 8.08. The van der Waals surface area contributed by atoms with Gasteiger partial charge in [0, 0.05) is 32.2 Å². The molecule has 0 radical (unpaired) electrons. The average molecular weight is 411 g/mol. The Morgan fingerprint density at radius 3 is 2.70 bits per heavy atom. The molecule has 27 heavy (non-hydrogen) atoms. The lowest BCUT2D eigenvalue weighted by atomic mass is 10.2. The number of benzene rings is 1. The van der Waals surface area contributed by atoms with Crippen LogP contribution in [0.1, 0.15) is 12.5 Å². The molecule has 0 aliphatic carbocycles. The monoisotopic (exact) mass is 410 g/mol. The number of methoxy groups -OCH3 is 1. The van der Waals surface area contributed by atoms with Gasteiger partial charge in [0.1, 0.15) is 9.96 Å². The van der Waals surface area contributed by atoms with E-state index in [9.17, 15) is 8.42 Å². The minimum atomic E-state index is -3.46. The first-order chi connectivity index (χ1) is 13.0. The first kappa shape index (κ1) is 21.2. The van der Waals surface area contributed by atoms with Crippen molar-refractivity contribution >= 4 is 27.3 Å². The van der Waals surface area contributed by atoms with Gasteiger partial charge in [-0.25, -0.2) is 13.1 Å². The highest BCUT2D eigenvalue weighted by Gasteiger charge is 2.14. The van der Waals surface area contributed by atoms with E-state index < -0.39 is 10.0 Å². The molecule has 0 aliphatic heterocycles. The SMILES string of the molecule is CCNC(=NCCNS(=O)(=O)c1cccs1)N(C)Cc1ccccc1OC. The molecule has 0 spiro atoms. The van der Waals surface area contributed by atoms with Gasteiger partial charge >= 0.3 is 0 Å². The summed E-state index contributed by atoms with van der Waals surface area (Å²) in [7, 11) is 0.129. The molecule has 0 bridgehead atoms. The zero-order valence-electron chi connectivity index (χ0n) is 15.8. The standard InChI is InChI=1S/C18H26N4O3S2/c1-4-19-18(22(2)14-15-8-5-6-9-16(15)25-3)20-11-12-21-27(23,24)17-10-7-13-26-17/h5-10,13,21H,4,11-12,14H2,1-3H3,(H,19,20). The van der Waals surface area contributed by atoms with Crippen molar-refractivity contribution in [3.63, 3.8) is 0 Å². The van der Waals surface area contributed by atoms with Crippen molar-refractivity contribution in [2.75, 3.05) is 33.8 Å². The van der Waals surface area contributed by atoms with Gasteiger partial charge in [0.15, 0.2) is 5.96 Å². The quantitative estimate of drug-likeness (QED) is 0.376. The molecule has 0 unspecified atom stereocenters. The molecule has 0 saturated carbocycles. The van der Waals surface area contributed by atoms with Gasteiger partial charge in [0.2, 0.25) is 10.0 Å². The summed E-state index contributed by atoms with van der Waals surface area (Å²) in [5.41, 5.74) is 1.05. The van der Waals surface area contributed by atoms with E-state index >= 15 is 0 Å². The molecule has 7 nitrogen and oxygen atoms in total. The lowest BCUT2D eigenvalue weighted by Gasteiger charge is -2.23. The fourth-order valence-electron chi connectivity index (χ4n) is 2.46. The van der Waals surface area contributed by atoms with Crippen LogP contribution in [-0.4, -0.2) is 53.1 Å². The third kappa shape index (κ3) is 6.23. The molecule has 148 valence electrons. The second-order valence-corrected chi connectivity index (χ2v) is 8.67. The predicted molar refractivity (Wildman–Crippen MR) is 110 cm³/mol. The van der Waals surface area contributed by atoms with Crippen LogP contribution in [0.2, 0.25) is 0 Å². The minimum Gasteiger partial charge on any atom is -0.496 e.